The summed E-state index contributed by atoms with van der Waals surface area (Å²) in [7, 11) is 0. The third-order valence-electron chi connectivity index (χ3n) is 1.84. The van der Waals surface area contributed by atoms with E-state index in [9.17, 15) is 0 Å². The van der Waals surface area contributed by atoms with Gasteiger partial charge in [0.05, 0.1) is 0 Å². The maximum absolute atomic E-state index is 3.03. The molecule has 1 nitrogen and oxygen atoms in total. The first-order valence-electron chi connectivity index (χ1n) is 3.40. The molecule has 0 fully saturated rings. The van der Waals surface area contributed by atoms with Gasteiger partial charge in [-0.15, -0.1) is 0 Å². The normalized spacial score (nSPS) is 15.5. The molecule has 52 valence electrons. The summed E-state index contributed by atoms with van der Waals surface area (Å²) in [5.74, 6) is 0. The Bertz CT molecular complexity index is 247. The van der Waals surface area contributed by atoms with Crippen LogP contribution in [0.15, 0.2) is 24.3 Å². The molecule has 2 heteroatoms. The average molecular weight is 197 g/mol. The predicted molar refractivity (Wildman–Crippen MR) is 43.2 cm³/mol. The van der Waals surface area contributed by atoms with Crippen LogP contribution in [0.4, 0.5) is 5.69 Å². The molecule has 0 aromatic heterocycles. The Morgan fingerprint density at radius 3 is 2.90 bits per heavy atom. The molecule has 0 N–H and O–H groups in total. The number of para-hydroxylation sites is 1. The topological polar surface area (TPSA) is 3.24 Å². The van der Waals surface area contributed by atoms with Crippen molar-refractivity contribution in [1.82, 2.24) is 0 Å². The number of hydrogen-bond donors (Lipinski definition) is 0. The van der Waals surface area contributed by atoms with Crippen LogP contribution in [0.5, 0.6) is 0 Å². The van der Waals surface area contributed by atoms with Crippen LogP contribution in [0, 0.1) is 0 Å². The molecule has 1 aliphatic heterocycles. The van der Waals surface area contributed by atoms with Crippen LogP contribution in [0.25, 0.3) is 0 Å². The van der Waals surface area contributed by atoms with Gasteiger partial charge in [-0.1, -0.05) is 0 Å². The quantitative estimate of drug-likeness (QED) is 0.563. The molecule has 1 heterocycles. The summed E-state index contributed by atoms with van der Waals surface area (Å²) in [6.07, 6.45) is 1.18. The fourth-order valence-corrected chi connectivity index (χ4v) is 1.87. The summed E-state index contributed by atoms with van der Waals surface area (Å²) in [5, 5.41) is 0. The van der Waals surface area contributed by atoms with Crippen molar-refractivity contribution >= 4 is 21.9 Å². The molecular formula is C8H8NSe-. The van der Waals surface area contributed by atoms with E-state index in [4.69, 9.17) is 0 Å². The zero-order valence-electron chi connectivity index (χ0n) is 5.58. The van der Waals surface area contributed by atoms with E-state index in [1.807, 2.05) is 0 Å². The standard InChI is InChI=1S/C8H8NSe/c10-9-6-5-7-3-1-2-4-8(7)9/h1-4H,5-6H2/q-1. The Balaban J connectivity index is 2.51. The summed E-state index contributed by atoms with van der Waals surface area (Å²) in [6, 6.07) is 8.51. The van der Waals surface area contributed by atoms with Gasteiger partial charge in [0.2, 0.25) is 0 Å². The summed E-state index contributed by atoms with van der Waals surface area (Å²) >= 11 is 3.03. The third kappa shape index (κ3) is 0.845. The van der Waals surface area contributed by atoms with Gasteiger partial charge in [0.15, 0.2) is 0 Å². The van der Waals surface area contributed by atoms with Crippen LogP contribution in [0.2, 0.25) is 0 Å². The summed E-state index contributed by atoms with van der Waals surface area (Å²) in [5.41, 5.74) is 2.81. The van der Waals surface area contributed by atoms with Gasteiger partial charge in [-0.3, -0.25) is 0 Å². The molecule has 0 atom stereocenters. The van der Waals surface area contributed by atoms with E-state index in [0.717, 1.165) is 6.54 Å². The van der Waals surface area contributed by atoms with Gasteiger partial charge in [0.1, 0.15) is 0 Å². The van der Waals surface area contributed by atoms with Crippen molar-refractivity contribution in [3.8, 4) is 0 Å². The summed E-state index contributed by atoms with van der Waals surface area (Å²) < 4.78 is 2.18. The predicted octanol–water partition coefficient (Wildman–Crippen LogP) is 1.13. The first kappa shape index (κ1) is 6.26. The summed E-state index contributed by atoms with van der Waals surface area (Å²) in [6.45, 7) is 1.12. The van der Waals surface area contributed by atoms with Crippen LogP contribution >= 0.6 is 0 Å². The average Bonchev–Trinajstić information content (AvgIpc) is 2.34. The summed E-state index contributed by atoms with van der Waals surface area (Å²) in [4.78, 5) is 0. The Morgan fingerprint density at radius 2 is 2.10 bits per heavy atom. The molecule has 0 saturated carbocycles. The zero-order chi connectivity index (χ0) is 6.97. The molecule has 0 aliphatic carbocycles. The molecule has 1 aromatic carbocycles. The molecule has 0 unspecified atom stereocenters. The van der Waals surface area contributed by atoms with Gasteiger partial charge in [-0.2, -0.15) is 0 Å². The van der Waals surface area contributed by atoms with E-state index >= 15 is 0 Å². The van der Waals surface area contributed by atoms with Gasteiger partial charge >= 0.3 is 68.6 Å². The molecule has 0 saturated heterocycles. The minimum atomic E-state index is 1.12. The molecule has 0 amide bonds. The van der Waals surface area contributed by atoms with Crippen molar-refractivity contribution in [2.75, 3.05) is 10.5 Å². The first-order chi connectivity index (χ1) is 4.88. The van der Waals surface area contributed by atoms with Crippen LogP contribution in [0.1, 0.15) is 5.56 Å². The fourth-order valence-electron chi connectivity index (χ4n) is 1.31. The molecule has 10 heavy (non-hydrogen) atoms. The Kier molecular flexibility index (Phi) is 1.44. The molecule has 0 radical (unpaired) electrons. The number of nitrogens with zero attached hydrogens (tertiary/aromatic N) is 1. The van der Waals surface area contributed by atoms with E-state index in [1.165, 1.54) is 17.7 Å². The van der Waals surface area contributed by atoms with Gasteiger partial charge in [0, 0.05) is 0 Å². The monoisotopic (exact) mass is 198 g/mol. The second kappa shape index (κ2) is 2.30. The van der Waals surface area contributed by atoms with Crippen molar-refractivity contribution in [2.45, 2.75) is 6.42 Å². The van der Waals surface area contributed by atoms with Crippen molar-refractivity contribution in [2.24, 2.45) is 0 Å². The third-order valence-corrected chi connectivity index (χ3v) is 2.64. The van der Waals surface area contributed by atoms with Crippen molar-refractivity contribution < 1.29 is 0 Å². The van der Waals surface area contributed by atoms with Gasteiger partial charge < -0.3 is 0 Å². The molecular weight excluding hydrogens is 189 g/mol. The van der Waals surface area contributed by atoms with Crippen molar-refractivity contribution in [1.29, 1.82) is 0 Å². The van der Waals surface area contributed by atoms with Crippen molar-refractivity contribution in [3.63, 3.8) is 0 Å². The molecule has 1 aliphatic rings. The number of hydrogen-bond acceptors (Lipinski definition) is 1. The van der Waals surface area contributed by atoms with E-state index in [-0.39, 0.29) is 0 Å². The Labute approximate surface area is 69.1 Å². The molecule has 2 rings (SSSR count). The minimum absolute atomic E-state index is 1.12. The van der Waals surface area contributed by atoms with Gasteiger partial charge in [-0.25, -0.2) is 0 Å². The van der Waals surface area contributed by atoms with Crippen LogP contribution in [0.3, 0.4) is 0 Å². The number of rotatable bonds is 0. The van der Waals surface area contributed by atoms with E-state index in [1.54, 1.807) is 0 Å². The molecule has 0 bridgehead atoms. The van der Waals surface area contributed by atoms with Crippen LogP contribution < -0.4 is 3.92 Å². The Hall–Kier alpha value is -0.461. The molecule has 0 spiro atoms. The van der Waals surface area contributed by atoms with Crippen LogP contribution in [-0.4, -0.2) is 22.8 Å². The van der Waals surface area contributed by atoms with Crippen molar-refractivity contribution in [3.05, 3.63) is 29.8 Å². The second-order valence-corrected chi connectivity index (χ2v) is 3.41. The SMILES string of the molecule is [Se-]N1CCc2ccccc21. The molecule has 1 aromatic rings. The van der Waals surface area contributed by atoms with Gasteiger partial charge in [-0.05, 0) is 0 Å². The first-order valence-corrected chi connectivity index (χ1v) is 4.17. The van der Waals surface area contributed by atoms with E-state index in [0.29, 0.717) is 0 Å². The number of benzene rings is 1. The number of anilines is 1. The fraction of sp³-hybridized carbons (Fsp3) is 0.250. The Morgan fingerprint density at radius 1 is 1.30 bits per heavy atom. The van der Waals surface area contributed by atoms with Crippen LogP contribution in [-0.2, 0) is 6.42 Å². The number of fused-ring (bicyclic) bond motifs is 1. The second-order valence-electron chi connectivity index (χ2n) is 2.48. The zero-order valence-corrected chi connectivity index (χ0v) is 7.29. The van der Waals surface area contributed by atoms with E-state index in [2.05, 4.69) is 44.4 Å². The van der Waals surface area contributed by atoms with E-state index < -0.39 is 0 Å². The maximum atomic E-state index is 3.03. The van der Waals surface area contributed by atoms with Gasteiger partial charge in [0.25, 0.3) is 0 Å².